The number of rotatable bonds is 6. The number of hydrogen-bond acceptors (Lipinski definition) is 6. The van der Waals surface area contributed by atoms with Crippen LogP contribution >= 0.6 is 22.9 Å². The van der Waals surface area contributed by atoms with Crippen LogP contribution in [0.3, 0.4) is 0 Å². The zero-order valence-electron chi connectivity index (χ0n) is 13.9. The number of hydrogen-bond donors (Lipinski definition) is 1. The number of hydrazone groups is 1. The van der Waals surface area contributed by atoms with E-state index in [4.69, 9.17) is 16.3 Å². The lowest BCUT2D eigenvalue weighted by Crippen LogP contribution is -2.08. The van der Waals surface area contributed by atoms with Crippen LogP contribution < -0.4 is 5.43 Å². The van der Waals surface area contributed by atoms with E-state index in [1.54, 1.807) is 12.3 Å². The molecule has 0 unspecified atom stereocenters. The second-order valence-electron chi connectivity index (χ2n) is 5.13. The molecule has 2 rings (SSSR count). The minimum Gasteiger partial charge on any atom is -0.466 e. The summed E-state index contributed by atoms with van der Waals surface area (Å²) in [4.78, 5) is 15.5. The van der Waals surface area contributed by atoms with Gasteiger partial charge in [0.15, 0.2) is 0 Å². The molecule has 0 aliphatic carbocycles. The summed E-state index contributed by atoms with van der Waals surface area (Å²) in [6.45, 7) is 3.32. The summed E-state index contributed by atoms with van der Waals surface area (Å²) >= 11 is 7.23. The molecular weight excluding hydrogens is 391 g/mol. The molecule has 0 radical (unpaired) electrons. The number of ether oxygens (including phenoxy) is 1. The summed E-state index contributed by atoms with van der Waals surface area (Å²) in [6, 6.07) is 2.21. The molecule has 0 atom stereocenters. The van der Waals surface area contributed by atoms with Crippen LogP contribution in [-0.4, -0.2) is 23.8 Å². The Bertz CT molecular complexity index is 822. The van der Waals surface area contributed by atoms with Crippen molar-refractivity contribution in [2.45, 2.75) is 26.4 Å². The lowest BCUT2D eigenvalue weighted by Gasteiger charge is -2.12. The number of carbonyl (C=O) groups is 1. The normalized spacial score (nSPS) is 11.8. The van der Waals surface area contributed by atoms with E-state index in [2.05, 4.69) is 15.5 Å². The van der Waals surface area contributed by atoms with Gasteiger partial charge in [-0.25, -0.2) is 4.98 Å². The first-order valence-electron chi connectivity index (χ1n) is 7.47. The van der Waals surface area contributed by atoms with E-state index < -0.39 is 11.7 Å². The van der Waals surface area contributed by atoms with Gasteiger partial charge in [-0.15, -0.1) is 11.3 Å². The van der Waals surface area contributed by atoms with Gasteiger partial charge in [0, 0.05) is 10.9 Å². The van der Waals surface area contributed by atoms with Gasteiger partial charge in [-0.05, 0) is 25.5 Å². The summed E-state index contributed by atoms with van der Waals surface area (Å²) < 4.78 is 43.3. The summed E-state index contributed by atoms with van der Waals surface area (Å²) in [5.74, 6) is -0.375. The van der Waals surface area contributed by atoms with Gasteiger partial charge in [-0.2, -0.15) is 18.3 Å². The Balaban J connectivity index is 2.04. The lowest BCUT2D eigenvalue weighted by atomic mass is 10.1. The van der Waals surface area contributed by atoms with Crippen LogP contribution in [0.25, 0.3) is 0 Å². The predicted molar refractivity (Wildman–Crippen MR) is 94.9 cm³/mol. The Hall–Kier alpha value is -2.13. The van der Waals surface area contributed by atoms with Crippen molar-refractivity contribution >= 4 is 40.3 Å². The third-order valence-electron chi connectivity index (χ3n) is 3.27. The molecule has 0 saturated carbocycles. The van der Waals surface area contributed by atoms with Crippen LogP contribution in [0.5, 0.6) is 0 Å². The van der Waals surface area contributed by atoms with Crippen LogP contribution in [0.1, 0.15) is 29.3 Å². The van der Waals surface area contributed by atoms with Crippen molar-refractivity contribution in [2.24, 2.45) is 5.10 Å². The molecule has 0 fully saturated rings. The number of thiazole rings is 1. The Labute approximate surface area is 156 Å². The fourth-order valence-electron chi connectivity index (χ4n) is 2.07. The van der Waals surface area contributed by atoms with Crippen molar-refractivity contribution in [2.75, 3.05) is 12.0 Å². The topological polar surface area (TPSA) is 63.6 Å². The molecule has 1 N–H and O–H groups in total. The minimum atomic E-state index is -4.46. The first-order chi connectivity index (χ1) is 12.2. The highest BCUT2D eigenvalue weighted by Crippen LogP contribution is 2.35. The van der Waals surface area contributed by atoms with Gasteiger partial charge in [0.1, 0.15) is 0 Å². The Morgan fingerprint density at radius 2 is 2.19 bits per heavy atom. The van der Waals surface area contributed by atoms with Crippen molar-refractivity contribution in [3.05, 3.63) is 44.9 Å². The number of halogens is 4. The van der Waals surface area contributed by atoms with Crippen LogP contribution in [-0.2, 0) is 22.1 Å². The Morgan fingerprint density at radius 1 is 1.46 bits per heavy atom. The van der Waals surface area contributed by atoms with Crippen LogP contribution in [0.2, 0.25) is 5.02 Å². The number of esters is 1. The number of carbonyl (C=O) groups excluding carboxylic acids is 1. The van der Waals surface area contributed by atoms with Gasteiger partial charge in [0.25, 0.3) is 0 Å². The number of aromatic nitrogens is 1. The van der Waals surface area contributed by atoms with E-state index in [1.807, 2.05) is 0 Å². The Morgan fingerprint density at radius 3 is 2.85 bits per heavy atom. The van der Waals surface area contributed by atoms with Crippen molar-refractivity contribution in [3.8, 4) is 0 Å². The SMILES string of the molecule is CCOC(=O)Cc1csc(NN=Cc2ccc(C(F)(F)F)c(C)c2Cl)n1. The molecule has 0 saturated heterocycles. The van der Waals surface area contributed by atoms with E-state index >= 15 is 0 Å². The van der Waals surface area contributed by atoms with Crippen molar-refractivity contribution in [1.82, 2.24) is 4.98 Å². The maximum Gasteiger partial charge on any atom is 0.416 e. The van der Waals surface area contributed by atoms with Gasteiger partial charge in [0.05, 0.1) is 35.5 Å². The molecule has 0 amide bonds. The maximum atomic E-state index is 12.8. The number of anilines is 1. The van der Waals surface area contributed by atoms with Crippen LogP contribution in [0.4, 0.5) is 18.3 Å². The first-order valence-corrected chi connectivity index (χ1v) is 8.73. The highest BCUT2D eigenvalue weighted by Gasteiger charge is 2.33. The van der Waals surface area contributed by atoms with Crippen LogP contribution in [0.15, 0.2) is 22.6 Å². The molecule has 0 spiro atoms. The van der Waals surface area contributed by atoms with E-state index in [0.29, 0.717) is 23.0 Å². The fourth-order valence-corrected chi connectivity index (χ4v) is 2.94. The number of nitrogens with zero attached hydrogens (tertiary/aromatic N) is 2. The van der Waals surface area contributed by atoms with Crippen LogP contribution in [0, 0.1) is 6.92 Å². The van der Waals surface area contributed by atoms with Gasteiger partial charge in [0.2, 0.25) is 5.13 Å². The van der Waals surface area contributed by atoms with Crippen molar-refractivity contribution in [1.29, 1.82) is 0 Å². The predicted octanol–water partition coefficient (Wildman–Crippen LogP) is 4.68. The van der Waals surface area contributed by atoms with Crippen molar-refractivity contribution < 1.29 is 22.7 Å². The highest BCUT2D eigenvalue weighted by atomic mass is 35.5. The molecule has 0 aliphatic rings. The lowest BCUT2D eigenvalue weighted by molar-refractivity contribution is -0.142. The number of alkyl halides is 3. The smallest absolute Gasteiger partial charge is 0.416 e. The van der Waals surface area contributed by atoms with Gasteiger partial charge < -0.3 is 4.74 Å². The molecule has 26 heavy (non-hydrogen) atoms. The zero-order valence-corrected chi connectivity index (χ0v) is 15.4. The van der Waals surface area contributed by atoms with Gasteiger partial charge in [-0.3, -0.25) is 10.2 Å². The molecule has 2 aromatic rings. The monoisotopic (exact) mass is 405 g/mol. The van der Waals surface area contributed by atoms with E-state index in [-0.39, 0.29) is 23.0 Å². The molecule has 0 aliphatic heterocycles. The molecule has 0 bridgehead atoms. The molecule has 1 heterocycles. The fraction of sp³-hybridized carbons (Fsp3) is 0.312. The van der Waals surface area contributed by atoms with E-state index in [1.165, 1.54) is 30.5 Å². The number of benzene rings is 1. The van der Waals surface area contributed by atoms with Gasteiger partial charge >= 0.3 is 12.1 Å². The third kappa shape index (κ3) is 5.18. The molecule has 1 aromatic carbocycles. The average molecular weight is 406 g/mol. The summed E-state index contributed by atoms with van der Waals surface area (Å²) in [5, 5.41) is 6.02. The maximum absolute atomic E-state index is 12.8. The minimum absolute atomic E-state index is 0.0208. The standard InChI is InChI=1S/C16H15ClF3N3O2S/c1-3-25-13(24)6-11-8-26-15(22-11)23-21-7-10-4-5-12(16(18,19)20)9(2)14(10)17/h4-5,7-8H,3,6H2,1-2H3,(H,22,23). The summed E-state index contributed by atoms with van der Waals surface area (Å²) in [6.07, 6.45) is -3.10. The highest BCUT2D eigenvalue weighted by molar-refractivity contribution is 7.13. The first kappa shape index (κ1) is 20.2. The second kappa shape index (κ2) is 8.50. The Kier molecular flexibility index (Phi) is 6.60. The molecule has 1 aromatic heterocycles. The summed E-state index contributed by atoms with van der Waals surface area (Å²) in [7, 11) is 0. The van der Waals surface area contributed by atoms with E-state index in [9.17, 15) is 18.0 Å². The largest absolute Gasteiger partial charge is 0.466 e. The van der Waals surface area contributed by atoms with E-state index in [0.717, 1.165) is 6.07 Å². The second-order valence-corrected chi connectivity index (χ2v) is 6.37. The van der Waals surface area contributed by atoms with Gasteiger partial charge in [-0.1, -0.05) is 17.7 Å². The molecule has 5 nitrogen and oxygen atoms in total. The molecule has 140 valence electrons. The quantitative estimate of drug-likeness (QED) is 0.430. The number of nitrogens with one attached hydrogen (secondary N) is 1. The van der Waals surface area contributed by atoms with Crippen molar-refractivity contribution in [3.63, 3.8) is 0 Å². The molecule has 10 heteroatoms. The molecular formula is C16H15ClF3N3O2S. The summed E-state index contributed by atoms with van der Waals surface area (Å²) in [5.41, 5.74) is 2.69. The average Bonchev–Trinajstić information content (AvgIpc) is 2.97. The third-order valence-corrected chi connectivity index (χ3v) is 4.57. The zero-order chi connectivity index (χ0) is 19.3.